The number of hydrogen-bond acceptors (Lipinski definition) is 4. The van der Waals surface area contributed by atoms with E-state index in [1.54, 1.807) is 18.4 Å². The Balaban J connectivity index is 1.75. The molecular weight excluding hydrogens is 280 g/mol. The maximum Gasteiger partial charge on any atom is 0.119 e. The Morgan fingerprint density at radius 2 is 2.05 bits per heavy atom. The lowest BCUT2D eigenvalue weighted by atomic mass is 10.1. The van der Waals surface area contributed by atoms with Gasteiger partial charge in [0.15, 0.2) is 0 Å². The molecule has 1 aromatic heterocycles. The third-order valence-electron chi connectivity index (χ3n) is 4.07. The van der Waals surface area contributed by atoms with E-state index < -0.39 is 0 Å². The highest BCUT2D eigenvalue weighted by Crippen LogP contribution is 2.28. The smallest absolute Gasteiger partial charge is 0.119 e. The first-order valence-corrected chi connectivity index (χ1v) is 8.46. The number of nitrogens with zero attached hydrogens (tertiary/aromatic N) is 2. The van der Waals surface area contributed by atoms with E-state index in [1.807, 2.05) is 6.07 Å². The molecule has 0 N–H and O–H groups in total. The highest BCUT2D eigenvalue weighted by atomic mass is 32.1. The molecule has 0 bridgehead atoms. The summed E-state index contributed by atoms with van der Waals surface area (Å²) in [6, 6.07) is 6.18. The van der Waals surface area contributed by atoms with Crippen LogP contribution in [0.1, 0.15) is 29.8 Å². The van der Waals surface area contributed by atoms with E-state index in [-0.39, 0.29) is 0 Å². The van der Waals surface area contributed by atoms with Crippen molar-refractivity contribution in [2.24, 2.45) is 0 Å². The van der Waals surface area contributed by atoms with Gasteiger partial charge in [-0.2, -0.15) is 0 Å². The van der Waals surface area contributed by atoms with Crippen LogP contribution in [0.2, 0.25) is 0 Å². The summed E-state index contributed by atoms with van der Waals surface area (Å²) in [5, 5.41) is 3.40. The van der Waals surface area contributed by atoms with Gasteiger partial charge in [0.2, 0.25) is 0 Å². The SMILES string of the molecule is COc1ccc(-c2csc(CN3CCCCC3)n2)c(C)c1. The molecule has 1 saturated heterocycles. The maximum atomic E-state index is 5.27. The summed E-state index contributed by atoms with van der Waals surface area (Å²) < 4.78 is 5.27. The van der Waals surface area contributed by atoms with Crippen molar-refractivity contribution in [1.29, 1.82) is 0 Å². The van der Waals surface area contributed by atoms with Crippen molar-refractivity contribution >= 4 is 11.3 Å². The van der Waals surface area contributed by atoms with E-state index in [0.717, 1.165) is 18.0 Å². The second kappa shape index (κ2) is 6.58. The molecule has 2 heterocycles. The van der Waals surface area contributed by atoms with Gasteiger partial charge in [0.25, 0.3) is 0 Å². The summed E-state index contributed by atoms with van der Waals surface area (Å²) >= 11 is 1.77. The largest absolute Gasteiger partial charge is 0.497 e. The summed E-state index contributed by atoms with van der Waals surface area (Å²) in [6.45, 7) is 5.55. The van der Waals surface area contributed by atoms with E-state index in [4.69, 9.17) is 9.72 Å². The summed E-state index contributed by atoms with van der Waals surface area (Å²) in [7, 11) is 1.70. The zero-order valence-electron chi connectivity index (χ0n) is 12.8. The lowest BCUT2D eigenvalue weighted by molar-refractivity contribution is 0.220. The Morgan fingerprint density at radius 3 is 2.76 bits per heavy atom. The number of methoxy groups -OCH3 is 1. The first-order valence-electron chi connectivity index (χ1n) is 7.58. The summed E-state index contributed by atoms with van der Waals surface area (Å²) in [4.78, 5) is 7.35. The molecule has 0 unspecified atom stereocenters. The molecule has 1 aromatic carbocycles. The van der Waals surface area contributed by atoms with Crippen LogP contribution in [-0.4, -0.2) is 30.1 Å². The number of likely N-dealkylation sites (tertiary alicyclic amines) is 1. The van der Waals surface area contributed by atoms with Crippen LogP contribution in [0.15, 0.2) is 23.6 Å². The molecule has 0 radical (unpaired) electrons. The summed E-state index contributed by atoms with van der Waals surface area (Å²) in [5.74, 6) is 0.903. The van der Waals surface area contributed by atoms with E-state index in [0.29, 0.717) is 0 Å². The molecular formula is C17H22N2OS. The summed E-state index contributed by atoms with van der Waals surface area (Å²) in [5.41, 5.74) is 3.51. The average molecular weight is 302 g/mol. The standard InChI is InChI=1S/C17H22N2OS/c1-13-10-14(20-2)6-7-15(13)16-12-21-17(18-16)11-19-8-4-3-5-9-19/h6-7,10,12H,3-5,8-9,11H2,1-2H3. The monoisotopic (exact) mass is 302 g/mol. The lowest BCUT2D eigenvalue weighted by Gasteiger charge is -2.25. The fraction of sp³-hybridized carbons (Fsp3) is 0.471. The van der Waals surface area contributed by atoms with Crippen LogP contribution >= 0.6 is 11.3 Å². The Hall–Kier alpha value is -1.39. The fourth-order valence-electron chi connectivity index (χ4n) is 2.87. The molecule has 1 aliphatic heterocycles. The van der Waals surface area contributed by atoms with Gasteiger partial charge in [0, 0.05) is 10.9 Å². The maximum absolute atomic E-state index is 5.27. The number of piperidine rings is 1. The number of ether oxygens (including phenoxy) is 1. The van der Waals surface area contributed by atoms with Crippen molar-refractivity contribution in [3.8, 4) is 17.0 Å². The minimum Gasteiger partial charge on any atom is -0.497 e. The highest BCUT2D eigenvalue weighted by molar-refractivity contribution is 7.09. The summed E-state index contributed by atoms with van der Waals surface area (Å²) in [6.07, 6.45) is 4.04. The average Bonchev–Trinajstić information content (AvgIpc) is 2.96. The van der Waals surface area contributed by atoms with Gasteiger partial charge in [0.1, 0.15) is 10.8 Å². The number of rotatable bonds is 4. The van der Waals surface area contributed by atoms with Crippen LogP contribution in [0.5, 0.6) is 5.75 Å². The van der Waals surface area contributed by atoms with Crippen molar-refractivity contribution in [2.45, 2.75) is 32.7 Å². The van der Waals surface area contributed by atoms with Crippen molar-refractivity contribution in [2.75, 3.05) is 20.2 Å². The number of hydrogen-bond donors (Lipinski definition) is 0. The highest BCUT2D eigenvalue weighted by Gasteiger charge is 2.13. The molecule has 1 fully saturated rings. The van der Waals surface area contributed by atoms with E-state index in [1.165, 1.54) is 48.5 Å². The van der Waals surface area contributed by atoms with Gasteiger partial charge >= 0.3 is 0 Å². The first-order chi connectivity index (χ1) is 10.3. The van der Waals surface area contributed by atoms with Crippen LogP contribution in [0.25, 0.3) is 11.3 Å². The molecule has 0 saturated carbocycles. The van der Waals surface area contributed by atoms with Crippen LogP contribution < -0.4 is 4.74 Å². The molecule has 1 aliphatic rings. The van der Waals surface area contributed by atoms with Gasteiger partial charge in [-0.15, -0.1) is 11.3 Å². The first kappa shape index (κ1) is 14.5. The van der Waals surface area contributed by atoms with Crippen LogP contribution in [0.3, 0.4) is 0 Å². The number of aryl methyl sites for hydroxylation is 1. The van der Waals surface area contributed by atoms with Crippen molar-refractivity contribution < 1.29 is 4.74 Å². The molecule has 112 valence electrons. The topological polar surface area (TPSA) is 25.4 Å². The predicted molar refractivity (Wildman–Crippen MR) is 88.0 cm³/mol. The normalized spacial score (nSPS) is 16.1. The molecule has 4 heteroatoms. The number of aromatic nitrogens is 1. The third-order valence-corrected chi connectivity index (χ3v) is 4.90. The van der Waals surface area contributed by atoms with E-state index in [9.17, 15) is 0 Å². The van der Waals surface area contributed by atoms with Crippen molar-refractivity contribution in [3.63, 3.8) is 0 Å². The lowest BCUT2D eigenvalue weighted by Crippen LogP contribution is -2.28. The number of benzene rings is 1. The van der Waals surface area contributed by atoms with Crippen molar-refractivity contribution in [3.05, 3.63) is 34.2 Å². The van der Waals surface area contributed by atoms with Gasteiger partial charge in [-0.3, -0.25) is 4.90 Å². The van der Waals surface area contributed by atoms with E-state index >= 15 is 0 Å². The molecule has 0 atom stereocenters. The van der Waals surface area contributed by atoms with Gasteiger partial charge in [-0.05, 0) is 56.6 Å². The van der Waals surface area contributed by atoms with Gasteiger partial charge in [0.05, 0.1) is 19.3 Å². The van der Waals surface area contributed by atoms with Crippen LogP contribution in [0, 0.1) is 6.92 Å². The number of thiazole rings is 1. The zero-order valence-corrected chi connectivity index (χ0v) is 13.6. The van der Waals surface area contributed by atoms with Gasteiger partial charge < -0.3 is 4.74 Å². The zero-order chi connectivity index (χ0) is 14.7. The molecule has 0 aliphatic carbocycles. The Kier molecular flexibility index (Phi) is 4.56. The van der Waals surface area contributed by atoms with E-state index in [2.05, 4.69) is 29.3 Å². The second-order valence-electron chi connectivity index (χ2n) is 5.64. The molecule has 2 aromatic rings. The van der Waals surface area contributed by atoms with Crippen LogP contribution in [0.4, 0.5) is 0 Å². The molecule has 21 heavy (non-hydrogen) atoms. The Bertz CT molecular complexity index is 603. The molecule has 0 spiro atoms. The molecule has 3 rings (SSSR count). The quantitative estimate of drug-likeness (QED) is 0.849. The fourth-order valence-corrected chi connectivity index (χ4v) is 3.70. The minimum absolute atomic E-state index is 0.903. The minimum atomic E-state index is 0.903. The second-order valence-corrected chi connectivity index (χ2v) is 6.59. The molecule has 0 amide bonds. The molecule has 3 nitrogen and oxygen atoms in total. The Labute approximate surface area is 130 Å². The van der Waals surface area contributed by atoms with Crippen molar-refractivity contribution in [1.82, 2.24) is 9.88 Å². The van der Waals surface area contributed by atoms with Gasteiger partial charge in [-0.1, -0.05) is 6.42 Å². The Morgan fingerprint density at radius 1 is 1.24 bits per heavy atom. The predicted octanol–water partition coefficient (Wildman–Crippen LogP) is 4.11. The third kappa shape index (κ3) is 3.44. The van der Waals surface area contributed by atoms with Gasteiger partial charge in [-0.25, -0.2) is 4.98 Å². The van der Waals surface area contributed by atoms with Crippen LogP contribution in [-0.2, 0) is 6.54 Å².